The lowest BCUT2D eigenvalue weighted by Gasteiger charge is -2.35. The Balaban J connectivity index is 1.77. The Morgan fingerprint density at radius 2 is 0.567 bits per heavy atom. The van der Waals surface area contributed by atoms with E-state index in [0.29, 0.717) is 11.3 Å². The lowest BCUT2D eigenvalue weighted by molar-refractivity contribution is 0.912. The van der Waals surface area contributed by atoms with Crippen LogP contribution < -0.4 is 21.2 Å². The standard InChI is InChI=1S/C28H28P2/c1-23(29(25-15-7-3-8-16-25)26-17-9-4-10-18-26)24(2)30(27-19-11-5-12-20-27)28-21-13-6-14-22-28/h3-24H,1-2H3/t23-,24-/m0/s1. The van der Waals surface area contributed by atoms with Gasteiger partial charge in [-0.25, -0.2) is 0 Å². The molecule has 0 heterocycles. The monoisotopic (exact) mass is 426 g/mol. The van der Waals surface area contributed by atoms with Gasteiger partial charge in [-0.05, 0) is 48.4 Å². The quantitative estimate of drug-likeness (QED) is 0.317. The molecule has 4 aromatic rings. The average Bonchev–Trinajstić information content (AvgIpc) is 2.82. The second-order valence-electron chi connectivity index (χ2n) is 7.56. The molecule has 0 nitrogen and oxygen atoms in total. The van der Waals surface area contributed by atoms with E-state index < -0.39 is 15.8 Å². The Labute approximate surface area is 183 Å². The predicted octanol–water partition coefficient (Wildman–Crippen LogP) is 6.03. The highest BCUT2D eigenvalue weighted by atomic mass is 31.1. The summed E-state index contributed by atoms with van der Waals surface area (Å²) in [6, 6.07) is 44.5. The Hall–Kier alpha value is -2.26. The highest BCUT2D eigenvalue weighted by Gasteiger charge is 2.31. The van der Waals surface area contributed by atoms with Gasteiger partial charge in [-0.15, -0.1) is 0 Å². The van der Waals surface area contributed by atoms with Crippen molar-refractivity contribution in [2.75, 3.05) is 0 Å². The first-order valence-corrected chi connectivity index (χ1v) is 13.4. The molecule has 0 bridgehead atoms. The van der Waals surface area contributed by atoms with E-state index in [1.54, 1.807) is 0 Å². The van der Waals surface area contributed by atoms with Crippen molar-refractivity contribution in [3.05, 3.63) is 121 Å². The molecule has 0 saturated heterocycles. The van der Waals surface area contributed by atoms with Gasteiger partial charge < -0.3 is 0 Å². The summed E-state index contributed by atoms with van der Waals surface area (Å²) < 4.78 is 0. The maximum absolute atomic E-state index is 2.47. The minimum atomic E-state index is -0.448. The zero-order valence-electron chi connectivity index (χ0n) is 17.6. The van der Waals surface area contributed by atoms with Crippen LogP contribution in [0.4, 0.5) is 0 Å². The van der Waals surface area contributed by atoms with Crippen molar-refractivity contribution in [1.29, 1.82) is 0 Å². The van der Waals surface area contributed by atoms with Crippen molar-refractivity contribution in [3.8, 4) is 0 Å². The second kappa shape index (κ2) is 10.2. The molecule has 2 atom stereocenters. The summed E-state index contributed by atoms with van der Waals surface area (Å²) in [5.74, 6) is 0. The zero-order chi connectivity index (χ0) is 20.8. The summed E-state index contributed by atoms with van der Waals surface area (Å²) in [6.07, 6.45) is 0. The molecule has 0 aromatic heterocycles. The maximum Gasteiger partial charge on any atom is -0.00861 e. The lowest BCUT2D eigenvalue weighted by atomic mass is 10.3. The molecule has 0 amide bonds. The van der Waals surface area contributed by atoms with Crippen LogP contribution in [0.25, 0.3) is 0 Å². The summed E-state index contributed by atoms with van der Waals surface area (Å²) >= 11 is 0. The van der Waals surface area contributed by atoms with Gasteiger partial charge in [0.2, 0.25) is 0 Å². The normalized spacial score (nSPS) is 13.3. The molecule has 2 heteroatoms. The third-order valence-electron chi connectivity index (χ3n) is 5.65. The summed E-state index contributed by atoms with van der Waals surface area (Å²) in [5, 5.41) is 5.87. The Morgan fingerprint density at radius 3 is 0.767 bits per heavy atom. The molecule has 150 valence electrons. The number of hydrogen-bond donors (Lipinski definition) is 0. The van der Waals surface area contributed by atoms with E-state index in [1.807, 2.05) is 0 Å². The van der Waals surface area contributed by atoms with E-state index in [2.05, 4.69) is 135 Å². The summed E-state index contributed by atoms with van der Waals surface area (Å²) in [6.45, 7) is 4.94. The van der Waals surface area contributed by atoms with E-state index in [4.69, 9.17) is 0 Å². The minimum absolute atomic E-state index is 0.448. The molecule has 0 spiro atoms. The van der Waals surface area contributed by atoms with Crippen LogP contribution in [0.2, 0.25) is 0 Å². The fourth-order valence-corrected chi connectivity index (χ4v) is 10.1. The molecule has 0 fully saturated rings. The van der Waals surface area contributed by atoms with Crippen LogP contribution in [0.3, 0.4) is 0 Å². The van der Waals surface area contributed by atoms with Gasteiger partial charge in [-0.1, -0.05) is 135 Å². The van der Waals surface area contributed by atoms with Crippen LogP contribution in [-0.4, -0.2) is 11.3 Å². The van der Waals surface area contributed by atoms with E-state index >= 15 is 0 Å². The van der Waals surface area contributed by atoms with Gasteiger partial charge in [0, 0.05) is 0 Å². The lowest BCUT2D eigenvalue weighted by Crippen LogP contribution is -2.31. The predicted molar refractivity (Wildman–Crippen MR) is 137 cm³/mol. The fraction of sp³-hybridized carbons (Fsp3) is 0.143. The highest BCUT2D eigenvalue weighted by molar-refractivity contribution is 7.77. The van der Waals surface area contributed by atoms with Crippen molar-refractivity contribution in [2.24, 2.45) is 0 Å². The Morgan fingerprint density at radius 1 is 0.367 bits per heavy atom. The fourth-order valence-electron chi connectivity index (χ4n) is 4.02. The third kappa shape index (κ3) is 4.73. The maximum atomic E-state index is 2.47. The number of benzene rings is 4. The van der Waals surface area contributed by atoms with Crippen LogP contribution >= 0.6 is 15.8 Å². The molecule has 0 radical (unpaired) electrons. The summed E-state index contributed by atoms with van der Waals surface area (Å²) in [4.78, 5) is 0. The van der Waals surface area contributed by atoms with Gasteiger partial charge in [0.1, 0.15) is 0 Å². The van der Waals surface area contributed by atoms with Gasteiger partial charge >= 0.3 is 0 Å². The van der Waals surface area contributed by atoms with E-state index in [0.717, 1.165) is 0 Å². The molecule has 0 N–H and O–H groups in total. The largest absolute Gasteiger partial charge is 0.0622 e. The van der Waals surface area contributed by atoms with Gasteiger partial charge in [-0.2, -0.15) is 0 Å². The molecular formula is C28H28P2. The molecule has 4 rings (SSSR count). The Kier molecular flexibility index (Phi) is 7.11. The number of rotatable bonds is 7. The Bertz CT molecular complexity index is 851. The van der Waals surface area contributed by atoms with Gasteiger partial charge in [0.05, 0.1) is 0 Å². The molecule has 0 saturated carbocycles. The first-order chi connectivity index (χ1) is 14.8. The van der Waals surface area contributed by atoms with Crippen molar-refractivity contribution >= 4 is 37.1 Å². The first-order valence-electron chi connectivity index (χ1n) is 10.5. The van der Waals surface area contributed by atoms with Crippen molar-refractivity contribution < 1.29 is 0 Å². The first kappa shape index (κ1) is 21.0. The zero-order valence-corrected chi connectivity index (χ0v) is 19.4. The molecular weight excluding hydrogens is 398 g/mol. The molecule has 0 aliphatic carbocycles. The van der Waals surface area contributed by atoms with E-state index in [9.17, 15) is 0 Å². The van der Waals surface area contributed by atoms with Crippen molar-refractivity contribution in [1.82, 2.24) is 0 Å². The molecule has 0 aliphatic rings. The van der Waals surface area contributed by atoms with Gasteiger partial charge in [-0.3, -0.25) is 0 Å². The topological polar surface area (TPSA) is 0 Å². The summed E-state index contributed by atoms with van der Waals surface area (Å²) in [7, 11) is -0.897. The van der Waals surface area contributed by atoms with Crippen LogP contribution in [0.15, 0.2) is 121 Å². The van der Waals surface area contributed by atoms with Crippen molar-refractivity contribution in [3.63, 3.8) is 0 Å². The number of hydrogen-bond acceptors (Lipinski definition) is 0. The van der Waals surface area contributed by atoms with Crippen LogP contribution in [-0.2, 0) is 0 Å². The second-order valence-corrected chi connectivity index (χ2v) is 12.7. The third-order valence-corrected chi connectivity index (χ3v) is 11.8. The van der Waals surface area contributed by atoms with Crippen LogP contribution in [0.1, 0.15) is 13.8 Å². The SMILES string of the molecule is C[C@@H]([C@H](C)P(c1ccccc1)c1ccccc1)P(c1ccccc1)c1ccccc1. The van der Waals surface area contributed by atoms with Crippen LogP contribution in [0, 0.1) is 0 Å². The van der Waals surface area contributed by atoms with E-state index in [1.165, 1.54) is 21.2 Å². The molecule has 0 unspecified atom stereocenters. The van der Waals surface area contributed by atoms with Gasteiger partial charge in [0.15, 0.2) is 0 Å². The molecule has 4 aromatic carbocycles. The molecule has 0 aliphatic heterocycles. The van der Waals surface area contributed by atoms with Crippen molar-refractivity contribution in [2.45, 2.75) is 25.2 Å². The molecule has 30 heavy (non-hydrogen) atoms. The smallest absolute Gasteiger partial charge is 0.00861 e. The average molecular weight is 426 g/mol. The highest BCUT2D eigenvalue weighted by Crippen LogP contribution is 2.51. The van der Waals surface area contributed by atoms with Gasteiger partial charge in [0.25, 0.3) is 0 Å². The summed E-state index contributed by atoms with van der Waals surface area (Å²) in [5.41, 5.74) is 1.10. The van der Waals surface area contributed by atoms with E-state index in [-0.39, 0.29) is 0 Å². The minimum Gasteiger partial charge on any atom is -0.0622 e. The van der Waals surface area contributed by atoms with Crippen LogP contribution in [0.5, 0.6) is 0 Å².